The molecule has 0 aliphatic heterocycles. The summed E-state index contributed by atoms with van der Waals surface area (Å²) in [4.78, 5) is 0. The lowest BCUT2D eigenvalue weighted by molar-refractivity contribution is 0.307. The second-order valence-electron chi connectivity index (χ2n) is 4.75. The summed E-state index contributed by atoms with van der Waals surface area (Å²) in [5.41, 5.74) is 2.41. The number of halogens is 1. The van der Waals surface area contributed by atoms with Gasteiger partial charge in [-0.3, -0.25) is 0 Å². The van der Waals surface area contributed by atoms with Crippen LogP contribution in [0.15, 0.2) is 78.9 Å². The first-order valence-electron chi connectivity index (χ1n) is 6.85. The van der Waals surface area contributed by atoms with Crippen LogP contribution in [-0.4, -0.2) is 0 Å². The number of hydrogen-bond donors (Lipinski definition) is 0. The Morgan fingerprint density at radius 1 is 0.667 bits per heavy atom. The molecule has 0 bridgehead atoms. The molecule has 0 amide bonds. The maximum Gasteiger partial charge on any atom is 0.131 e. The molecule has 2 heteroatoms. The van der Waals surface area contributed by atoms with Crippen LogP contribution >= 0.6 is 0 Å². The molecular formula is C19H15FO. The summed E-state index contributed by atoms with van der Waals surface area (Å²) in [5.74, 6) is 0.444. The molecule has 3 aromatic rings. The standard InChI is InChI=1S/C19H15FO/c20-18-12-6-4-10-16(18)17-11-5-7-13-19(17)21-14-15-8-2-1-3-9-15/h1-13H,14H2. The molecule has 3 aromatic carbocycles. The zero-order valence-electron chi connectivity index (χ0n) is 11.5. The molecule has 0 aliphatic rings. The van der Waals surface area contributed by atoms with Gasteiger partial charge in [0.05, 0.1) is 0 Å². The molecule has 1 nitrogen and oxygen atoms in total. The van der Waals surface area contributed by atoms with Crippen molar-refractivity contribution < 1.29 is 9.13 Å². The van der Waals surface area contributed by atoms with Crippen molar-refractivity contribution in [1.82, 2.24) is 0 Å². The minimum atomic E-state index is -0.242. The third kappa shape index (κ3) is 3.11. The smallest absolute Gasteiger partial charge is 0.131 e. The van der Waals surface area contributed by atoms with Gasteiger partial charge in [0, 0.05) is 11.1 Å². The molecule has 104 valence electrons. The Hall–Kier alpha value is -2.61. The highest BCUT2D eigenvalue weighted by Crippen LogP contribution is 2.31. The first-order chi connectivity index (χ1) is 10.3. The average Bonchev–Trinajstić information content (AvgIpc) is 2.55. The first-order valence-corrected chi connectivity index (χ1v) is 6.85. The van der Waals surface area contributed by atoms with E-state index in [0.29, 0.717) is 17.9 Å². The predicted octanol–water partition coefficient (Wildman–Crippen LogP) is 5.07. The van der Waals surface area contributed by atoms with Gasteiger partial charge >= 0.3 is 0 Å². The predicted molar refractivity (Wildman–Crippen MR) is 82.6 cm³/mol. The van der Waals surface area contributed by atoms with Crippen molar-refractivity contribution in [2.45, 2.75) is 6.61 Å². The highest BCUT2D eigenvalue weighted by atomic mass is 19.1. The minimum absolute atomic E-state index is 0.242. The Bertz CT molecular complexity index is 722. The van der Waals surface area contributed by atoms with Crippen LogP contribution in [0.25, 0.3) is 11.1 Å². The van der Waals surface area contributed by atoms with Gasteiger partial charge in [-0.1, -0.05) is 66.7 Å². The Balaban J connectivity index is 1.88. The number of rotatable bonds is 4. The van der Waals surface area contributed by atoms with Crippen molar-refractivity contribution in [3.05, 3.63) is 90.2 Å². The van der Waals surface area contributed by atoms with Crippen LogP contribution in [0, 0.1) is 5.82 Å². The number of ether oxygens (including phenoxy) is 1. The quantitative estimate of drug-likeness (QED) is 0.647. The van der Waals surface area contributed by atoms with E-state index < -0.39 is 0 Å². The second kappa shape index (κ2) is 6.23. The fraction of sp³-hybridized carbons (Fsp3) is 0.0526. The van der Waals surface area contributed by atoms with Crippen molar-refractivity contribution >= 4 is 0 Å². The molecule has 0 saturated carbocycles. The lowest BCUT2D eigenvalue weighted by atomic mass is 10.0. The summed E-state index contributed by atoms with van der Waals surface area (Å²) in [6, 6.07) is 24.2. The van der Waals surface area contributed by atoms with Crippen molar-refractivity contribution in [2.24, 2.45) is 0 Å². The minimum Gasteiger partial charge on any atom is -0.488 e. The van der Waals surface area contributed by atoms with Gasteiger partial charge in [-0.05, 0) is 17.7 Å². The third-order valence-electron chi connectivity index (χ3n) is 3.29. The zero-order valence-corrected chi connectivity index (χ0v) is 11.5. The zero-order chi connectivity index (χ0) is 14.5. The molecule has 0 unspecified atom stereocenters. The molecule has 0 fully saturated rings. The van der Waals surface area contributed by atoms with Crippen LogP contribution in [-0.2, 0) is 6.61 Å². The summed E-state index contributed by atoms with van der Waals surface area (Å²) in [6.07, 6.45) is 0. The van der Waals surface area contributed by atoms with Crippen LogP contribution in [0.5, 0.6) is 5.75 Å². The molecule has 0 radical (unpaired) electrons. The van der Waals surface area contributed by atoms with Crippen LogP contribution < -0.4 is 4.74 Å². The first kappa shape index (κ1) is 13.4. The van der Waals surface area contributed by atoms with Crippen molar-refractivity contribution in [2.75, 3.05) is 0 Å². The summed E-state index contributed by atoms with van der Waals surface area (Å²) in [7, 11) is 0. The lowest BCUT2D eigenvalue weighted by Gasteiger charge is -2.12. The normalized spacial score (nSPS) is 10.3. The fourth-order valence-corrected chi connectivity index (χ4v) is 2.23. The van der Waals surface area contributed by atoms with Crippen LogP contribution in [0.1, 0.15) is 5.56 Å². The topological polar surface area (TPSA) is 9.23 Å². The van der Waals surface area contributed by atoms with Gasteiger partial charge in [0.2, 0.25) is 0 Å². The molecule has 0 N–H and O–H groups in total. The number of para-hydroxylation sites is 1. The van der Waals surface area contributed by atoms with Crippen LogP contribution in [0.2, 0.25) is 0 Å². The van der Waals surface area contributed by atoms with E-state index in [1.807, 2.05) is 60.7 Å². The second-order valence-corrected chi connectivity index (χ2v) is 4.75. The van der Waals surface area contributed by atoms with E-state index in [9.17, 15) is 4.39 Å². The van der Waals surface area contributed by atoms with E-state index >= 15 is 0 Å². The summed E-state index contributed by atoms with van der Waals surface area (Å²) in [6.45, 7) is 0.465. The molecule has 0 aliphatic carbocycles. The Morgan fingerprint density at radius 3 is 2.05 bits per heavy atom. The molecule has 0 saturated heterocycles. The highest BCUT2D eigenvalue weighted by molar-refractivity contribution is 5.70. The van der Waals surface area contributed by atoms with Crippen molar-refractivity contribution in [3.8, 4) is 16.9 Å². The van der Waals surface area contributed by atoms with Gasteiger partial charge in [-0.2, -0.15) is 0 Å². The fourth-order valence-electron chi connectivity index (χ4n) is 2.23. The summed E-state index contributed by atoms with van der Waals surface area (Å²) >= 11 is 0. The van der Waals surface area contributed by atoms with Gasteiger partial charge in [-0.15, -0.1) is 0 Å². The van der Waals surface area contributed by atoms with E-state index in [-0.39, 0.29) is 5.82 Å². The molecular weight excluding hydrogens is 263 g/mol. The van der Waals surface area contributed by atoms with Crippen molar-refractivity contribution in [3.63, 3.8) is 0 Å². The van der Waals surface area contributed by atoms with E-state index in [4.69, 9.17) is 4.74 Å². The van der Waals surface area contributed by atoms with Crippen LogP contribution in [0.3, 0.4) is 0 Å². The Kier molecular flexibility index (Phi) is 3.97. The number of hydrogen-bond acceptors (Lipinski definition) is 1. The SMILES string of the molecule is Fc1ccccc1-c1ccccc1OCc1ccccc1. The largest absolute Gasteiger partial charge is 0.488 e. The average molecular weight is 278 g/mol. The van der Waals surface area contributed by atoms with Gasteiger partial charge in [0.15, 0.2) is 0 Å². The van der Waals surface area contributed by atoms with E-state index in [2.05, 4.69) is 0 Å². The molecule has 3 rings (SSSR count). The maximum atomic E-state index is 14.0. The Morgan fingerprint density at radius 2 is 1.29 bits per heavy atom. The molecule has 21 heavy (non-hydrogen) atoms. The monoisotopic (exact) mass is 278 g/mol. The summed E-state index contributed by atoms with van der Waals surface area (Å²) < 4.78 is 19.8. The van der Waals surface area contributed by atoms with Gasteiger partial charge < -0.3 is 4.74 Å². The van der Waals surface area contributed by atoms with Gasteiger partial charge in [-0.25, -0.2) is 4.39 Å². The van der Waals surface area contributed by atoms with Crippen LogP contribution in [0.4, 0.5) is 4.39 Å². The molecule has 0 spiro atoms. The third-order valence-corrected chi connectivity index (χ3v) is 3.29. The van der Waals surface area contributed by atoms with E-state index in [1.165, 1.54) is 6.07 Å². The van der Waals surface area contributed by atoms with Gasteiger partial charge in [0.1, 0.15) is 18.2 Å². The summed E-state index contributed by atoms with van der Waals surface area (Å²) in [5, 5.41) is 0. The highest BCUT2D eigenvalue weighted by Gasteiger charge is 2.09. The number of benzene rings is 3. The van der Waals surface area contributed by atoms with Crippen molar-refractivity contribution in [1.29, 1.82) is 0 Å². The maximum absolute atomic E-state index is 14.0. The molecule has 0 aromatic heterocycles. The van der Waals surface area contributed by atoms with E-state index in [1.54, 1.807) is 12.1 Å². The molecule has 0 atom stereocenters. The lowest BCUT2D eigenvalue weighted by Crippen LogP contribution is -1.97. The van der Waals surface area contributed by atoms with E-state index in [0.717, 1.165) is 11.1 Å². The Labute approximate surface area is 123 Å². The van der Waals surface area contributed by atoms with Gasteiger partial charge in [0.25, 0.3) is 0 Å². The molecule has 0 heterocycles.